The molecule has 2 N–H and O–H groups in total. The molecule has 0 aliphatic carbocycles. The second-order valence-electron chi connectivity index (χ2n) is 4.49. The van der Waals surface area contributed by atoms with E-state index in [1.54, 1.807) is 43.3 Å². The van der Waals surface area contributed by atoms with Crippen LogP contribution in [0, 0.1) is 0 Å². The lowest BCUT2D eigenvalue weighted by Crippen LogP contribution is -2.09. The van der Waals surface area contributed by atoms with Crippen LogP contribution >= 0.6 is 23.2 Å². The standard InChI is InChI=1S/C16H15Cl2NO3/c1-2-21-15(20)8-10-4-3-5-14(16(10)19)22-11-6-7-12(17)13(18)9-11/h3-7,9H,2,8,19H2,1H3. The summed E-state index contributed by atoms with van der Waals surface area (Å²) in [5, 5.41) is 0.832. The summed E-state index contributed by atoms with van der Waals surface area (Å²) in [7, 11) is 0. The molecule has 0 unspecified atom stereocenters. The number of carbonyl (C=O) groups is 1. The van der Waals surface area contributed by atoms with E-state index in [4.69, 9.17) is 38.4 Å². The van der Waals surface area contributed by atoms with Gasteiger partial charge in [0.1, 0.15) is 5.75 Å². The Balaban J connectivity index is 2.21. The fourth-order valence-electron chi connectivity index (χ4n) is 1.87. The molecule has 0 fully saturated rings. The lowest BCUT2D eigenvalue weighted by atomic mass is 10.1. The second-order valence-corrected chi connectivity index (χ2v) is 5.30. The third kappa shape index (κ3) is 4.06. The number of ether oxygens (including phenoxy) is 2. The van der Waals surface area contributed by atoms with Gasteiger partial charge in [0.15, 0.2) is 5.75 Å². The van der Waals surface area contributed by atoms with E-state index in [1.165, 1.54) is 0 Å². The van der Waals surface area contributed by atoms with Crippen LogP contribution in [0.4, 0.5) is 5.69 Å². The summed E-state index contributed by atoms with van der Waals surface area (Å²) < 4.78 is 10.6. The van der Waals surface area contributed by atoms with Gasteiger partial charge in [-0.25, -0.2) is 0 Å². The minimum Gasteiger partial charge on any atom is -0.466 e. The molecule has 0 aliphatic rings. The van der Waals surface area contributed by atoms with E-state index in [9.17, 15) is 4.79 Å². The Bertz CT molecular complexity index is 689. The lowest BCUT2D eigenvalue weighted by molar-refractivity contribution is -0.142. The highest BCUT2D eigenvalue weighted by atomic mass is 35.5. The van der Waals surface area contributed by atoms with Gasteiger partial charge in [0.05, 0.1) is 28.8 Å². The Labute approximate surface area is 138 Å². The van der Waals surface area contributed by atoms with Crippen molar-refractivity contribution >= 4 is 34.9 Å². The Morgan fingerprint density at radius 2 is 1.95 bits per heavy atom. The summed E-state index contributed by atoms with van der Waals surface area (Å²) in [5.74, 6) is 0.621. The van der Waals surface area contributed by atoms with Crippen molar-refractivity contribution in [2.24, 2.45) is 0 Å². The zero-order valence-electron chi connectivity index (χ0n) is 11.9. The number of anilines is 1. The first-order valence-corrected chi connectivity index (χ1v) is 7.42. The summed E-state index contributed by atoms with van der Waals surface area (Å²) >= 11 is 11.8. The van der Waals surface area contributed by atoms with Gasteiger partial charge in [-0.1, -0.05) is 35.3 Å². The molecule has 2 rings (SSSR count). The van der Waals surface area contributed by atoms with E-state index in [-0.39, 0.29) is 12.4 Å². The molecule has 22 heavy (non-hydrogen) atoms. The molecular weight excluding hydrogens is 325 g/mol. The molecule has 0 saturated heterocycles. The van der Waals surface area contributed by atoms with Gasteiger partial charge >= 0.3 is 5.97 Å². The van der Waals surface area contributed by atoms with Gasteiger partial charge in [-0.15, -0.1) is 0 Å². The van der Waals surface area contributed by atoms with Crippen LogP contribution in [0.5, 0.6) is 11.5 Å². The maximum atomic E-state index is 11.6. The first-order valence-electron chi connectivity index (χ1n) is 6.67. The number of para-hydroxylation sites is 1. The third-order valence-electron chi connectivity index (χ3n) is 2.92. The molecule has 0 radical (unpaired) electrons. The zero-order valence-corrected chi connectivity index (χ0v) is 13.4. The predicted octanol–water partition coefficient (Wildman–Crippen LogP) is 4.47. The number of nitrogens with two attached hydrogens (primary N) is 1. The Morgan fingerprint density at radius 3 is 2.64 bits per heavy atom. The van der Waals surface area contributed by atoms with Crippen molar-refractivity contribution in [2.75, 3.05) is 12.3 Å². The molecule has 4 nitrogen and oxygen atoms in total. The molecule has 0 saturated carbocycles. The number of hydrogen-bond donors (Lipinski definition) is 1. The number of rotatable bonds is 5. The van der Waals surface area contributed by atoms with Crippen LogP contribution < -0.4 is 10.5 Å². The van der Waals surface area contributed by atoms with E-state index in [0.717, 1.165) is 0 Å². The van der Waals surface area contributed by atoms with Gasteiger partial charge in [-0.2, -0.15) is 0 Å². The molecule has 0 bridgehead atoms. The number of esters is 1. The van der Waals surface area contributed by atoms with Crippen molar-refractivity contribution in [1.82, 2.24) is 0 Å². The number of benzene rings is 2. The summed E-state index contributed by atoms with van der Waals surface area (Å²) in [6.07, 6.45) is 0.0955. The van der Waals surface area contributed by atoms with Gasteiger partial charge in [-0.05, 0) is 30.7 Å². The molecule has 0 amide bonds. The highest BCUT2D eigenvalue weighted by Crippen LogP contribution is 2.33. The molecule has 0 heterocycles. The highest BCUT2D eigenvalue weighted by molar-refractivity contribution is 6.42. The summed E-state index contributed by atoms with van der Waals surface area (Å²) in [4.78, 5) is 11.6. The average molecular weight is 340 g/mol. The van der Waals surface area contributed by atoms with Crippen molar-refractivity contribution in [3.05, 3.63) is 52.0 Å². The topological polar surface area (TPSA) is 61.5 Å². The minimum atomic E-state index is -0.333. The average Bonchev–Trinajstić information content (AvgIpc) is 2.47. The van der Waals surface area contributed by atoms with Gasteiger partial charge in [0.2, 0.25) is 0 Å². The smallest absolute Gasteiger partial charge is 0.310 e. The molecule has 116 valence electrons. The van der Waals surface area contributed by atoms with Crippen LogP contribution in [-0.2, 0) is 16.0 Å². The van der Waals surface area contributed by atoms with Crippen LogP contribution in [0.1, 0.15) is 12.5 Å². The van der Waals surface area contributed by atoms with E-state index in [2.05, 4.69) is 0 Å². The molecule has 2 aromatic rings. The highest BCUT2D eigenvalue weighted by Gasteiger charge is 2.12. The molecule has 6 heteroatoms. The van der Waals surface area contributed by atoms with Crippen molar-refractivity contribution in [2.45, 2.75) is 13.3 Å². The predicted molar refractivity (Wildman–Crippen MR) is 87.7 cm³/mol. The van der Waals surface area contributed by atoms with Gasteiger partial charge < -0.3 is 15.2 Å². The Morgan fingerprint density at radius 1 is 1.18 bits per heavy atom. The molecule has 0 aromatic heterocycles. The van der Waals surface area contributed by atoms with Crippen molar-refractivity contribution in [1.29, 1.82) is 0 Å². The van der Waals surface area contributed by atoms with E-state index < -0.39 is 0 Å². The van der Waals surface area contributed by atoms with Gasteiger partial charge in [-0.3, -0.25) is 4.79 Å². The Kier molecular flexibility index (Phi) is 5.52. The fraction of sp³-hybridized carbons (Fsp3) is 0.188. The fourth-order valence-corrected chi connectivity index (χ4v) is 2.16. The first-order chi connectivity index (χ1) is 10.5. The SMILES string of the molecule is CCOC(=O)Cc1cccc(Oc2ccc(Cl)c(Cl)c2)c1N. The number of nitrogen functional groups attached to an aromatic ring is 1. The number of hydrogen-bond acceptors (Lipinski definition) is 4. The van der Waals surface area contributed by atoms with E-state index in [1.807, 2.05) is 0 Å². The lowest BCUT2D eigenvalue weighted by Gasteiger charge is -2.12. The zero-order chi connectivity index (χ0) is 16.1. The van der Waals surface area contributed by atoms with Gasteiger partial charge in [0.25, 0.3) is 0 Å². The third-order valence-corrected chi connectivity index (χ3v) is 3.65. The maximum absolute atomic E-state index is 11.6. The normalized spacial score (nSPS) is 10.3. The Hall–Kier alpha value is -1.91. The van der Waals surface area contributed by atoms with Crippen molar-refractivity contribution < 1.29 is 14.3 Å². The van der Waals surface area contributed by atoms with Crippen LogP contribution in [-0.4, -0.2) is 12.6 Å². The molecule has 0 atom stereocenters. The van der Waals surface area contributed by atoms with Crippen LogP contribution in [0.25, 0.3) is 0 Å². The minimum absolute atomic E-state index is 0.0955. The monoisotopic (exact) mass is 339 g/mol. The van der Waals surface area contributed by atoms with Crippen molar-refractivity contribution in [3.8, 4) is 11.5 Å². The van der Waals surface area contributed by atoms with E-state index in [0.29, 0.717) is 39.4 Å². The quantitative estimate of drug-likeness (QED) is 0.644. The maximum Gasteiger partial charge on any atom is 0.310 e. The molecular formula is C16H15Cl2NO3. The number of halogens is 2. The van der Waals surface area contributed by atoms with Crippen molar-refractivity contribution in [3.63, 3.8) is 0 Å². The number of carbonyl (C=O) groups excluding carboxylic acids is 1. The van der Waals surface area contributed by atoms with Crippen LogP contribution in [0.3, 0.4) is 0 Å². The van der Waals surface area contributed by atoms with Gasteiger partial charge in [0, 0.05) is 6.07 Å². The molecule has 0 aliphatic heterocycles. The van der Waals surface area contributed by atoms with Crippen LogP contribution in [0.15, 0.2) is 36.4 Å². The van der Waals surface area contributed by atoms with E-state index >= 15 is 0 Å². The molecule has 2 aromatic carbocycles. The summed E-state index contributed by atoms with van der Waals surface area (Å²) in [6.45, 7) is 2.09. The molecule has 0 spiro atoms. The largest absolute Gasteiger partial charge is 0.466 e. The van der Waals surface area contributed by atoms with Crippen LogP contribution in [0.2, 0.25) is 10.0 Å². The first kappa shape index (κ1) is 16.5. The second kappa shape index (κ2) is 7.38. The summed E-state index contributed by atoms with van der Waals surface area (Å²) in [6, 6.07) is 10.2. The summed E-state index contributed by atoms with van der Waals surface area (Å²) in [5.41, 5.74) is 7.09.